The number of aromatic hydroxyl groups is 1. The lowest BCUT2D eigenvalue weighted by atomic mass is 10.0. The van der Waals surface area contributed by atoms with E-state index in [4.69, 9.17) is 14.2 Å². The van der Waals surface area contributed by atoms with E-state index in [-0.39, 0.29) is 29.5 Å². The zero-order valence-corrected chi connectivity index (χ0v) is 13.8. The summed E-state index contributed by atoms with van der Waals surface area (Å²) in [5.74, 6) is -0.0161. The first kappa shape index (κ1) is 16.1. The highest BCUT2D eigenvalue weighted by Crippen LogP contribution is 2.43. The van der Waals surface area contributed by atoms with Crippen molar-refractivity contribution in [1.29, 1.82) is 0 Å². The molecule has 1 N–H and O–H groups in total. The van der Waals surface area contributed by atoms with Gasteiger partial charge in [0.2, 0.25) is 5.78 Å². The molecule has 25 heavy (non-hydrogen) atoms. The molecule has 2 aliphatic rings. The number of phenols is 1. The Bertz CT molecular complexity index is 752. The largest absolute Gasteiger partial charge is 0.507 e. The topological polar surface area (TPSA) is 68.3 Å². The summed E-state index contributed by atoms with van der Waals surface area (Å²) in [7, 11) is 0. The summed E-state index contributed by atoms with van der Waals surface area (Å²) in [6, 6.07) is 14.4. The van der Waals surface area contributed by atoms with Crippen LogP contribution in [0, 0.1) is 0 Å². The molecular weight excluding hydrogens is 320 g/mol. The molecule has 2 heterocycles. The summed E-state index contributed by atoms with van der Waals surface area (Å²) < 4.78 is 17.0. The van der Waals surface area contributed by atoms with Crippen molar-refractivity contribution in [2.75, 3.05) is 6.61 Å². The second kappa shape index (κ2) is 6.86. The van der Waals surface area contributed by atoms with E-state index in [2.05, 4.69) is 0 Å². The fourth-order valence-corrected chi connectivity index (χ4v) is 3.16. The zero-order valence-electron chi connectivity index (χ0n) is 13.8. The summed E-state index contributed by atoms with van der Waals surface area (Å²) in [6.45, 7) is 0.647. The van der Waals surface area contributed by atoms with Gasteiger partial charge < -0.3 is 19.3 Å². The molecule has 0 aromatic heterocycles. The molecule has 5 nitrogen and oxygen atoms in total. The Balaban J connectivity index is 1.54. The van der Waals surface area contributed by atoms with E-state index in [1.165, 1.54) is 6.07 Å². The molecule has 2 fully saturated rings. The minimum atomic E-state index is -0.592. The van der Waals surface area contributed by atoms with Crippen molar-refractivity contribution >= 4 is 5.78 Å². The highest BCUT2D eigenvalue weighted by atomic mass is 16.7. The third kappa shape index (κ3) is 3.38. The summed E-state index contributed by atoms with van der Waals surface area (Å²) in [6.07, 6.45) is 1.56. The van der Waals surface area contributed by atoms with E-state index in [1.54, 1.807) is 12.1 Å². The van der Waals surface area contributed by atoms with Crippen LogP contribution in [0.4, 0.5) is 0 Å². The minimum Gasteiger partial charge on any atom is -0.507 e. The molecule has 0 bridgehead atoms. The van der Waals surface area contributed by atoms with E-state index < -0.39 is 6.10 Å². The van der Waals surface area contributed by atoms with Crippen LogP contribution in [0.5, 0.6) is 11.5 Å². The van der Waals surface area contributed by atoms with Crippen molar-refractivity contribution in [2.24, 2.45) is 0 Å². The first-order valence-electron chi connectivity index (χ1n) is 8.59. The SMILES string of the molecule is O=C(c1c(O)cccc1OC1CCCCO1)[C@H]1O[C@@H]1c1ccccc1. The van der Waals surface area contributed by atoms with Crippen LogP contribution in [0.25, 0.3) is 0 Å². The van der Waals surface area contributed by atoms with Gasteiger partial charge in [0.05, 0.1) is 6.61 Å². The quantitative estimate of drug-likeness (QED) is 0.665. The summed E-state index contributed by atoms with van der Waals surface area (Å²) in [5.41, 5.74) is 1.12. The first-order valence-corrected chi connectivity index (χ1v) is 8.59. The minimum absolute atomic E-state index is 0.0966. The van der Waals surface area contributed by atoms with Gasteiger partial charge in [0.1, 0.15) is 23.2 Å². The molecule has 1 unspecified atom stereocenters. The van der Waals surface area contributed by atoms with Gasteiger partial charge in [-0.1, -0.05) is 36.4 Å². The average molecular weight is 340 g/mol. The predicted molar refractivity (Wildman–Crippen MR) is 90.7 cm³/mol. The molecule has 5 heteroatoms. The van der Waals surface area contributed by atoms with Crippen molar-refractivity contribution in [2.45, 2.75) is 37.8 Å². The van der Waals surface area contributed by atoms with E-state index >= 15 is 0 Å². The van der Waals surface area contributed by atoms with Crippen molar-refractivity contribution in [1.82, 2.24) is 0 Å². The second-order valence-corrected chi connectivity index (χ2v) is 6.32. The number of hydrogen-bond acceptors (Lipinski definition) is 5. The number of ether oxygens (including phenoxy) is 3. The molecular formula is C20H20O5. The molecule has 130 valence electrons. The van der Waals surface area contributed by atoms with Crippen molar-refractivity contribution in [3.63, 3.8) is 0 Å². The molecule has 2 aliphatic heterocycles. The molecule has 0 spiro atoms. The Morgan fingerprint density at radius 2 is 1.92 bits per heavy atom. The van der Waals surface area contributed by atoms with Crippen molar-refractivity contribution < 1.29 is 24.1 Å². The van der Waals surface area contributed by atoms with Crippen LogP contribution in [0.15, 0.2) is 48.5 Å². The van der Waals surface area contributed by atoms with E-state index in [1.807, 2.05) is 30.3 Å². The number of Topliss-reactive ketones (excluding diaryl/α,β-unsaturated/α-hetero) is 1. The maximum atomic E-state index is 12.9. The number of carbonyl (C=O) groups is 1. The molecule has 2 aromatic rings. The Hall–Kier alpha value is -2.37. The van der Waals surface area contributed by atoms with Crippen molar-refractivity contribution in [3.8, 4) is 11.5 Å². The first-order chi connectivity index (χ1) is 12.2. The van der Waals surface area contributed by atoms with E-state index in [9.17, 15) is 9.90 Å². The van der Waals surface area contributed by atoms with Crippen molar-refractivity contribution in [3.05, 3.63) is 59.7 Å². The van der Waals surface area contributed by atoms with Crippen LogP contribution < -0.4 is 4.74 Å². The number of benzene rings is 2. The highest BCUT2D eigenvalue weighted by Gasteiger charge is 2.47. The van der Waals surface area contributed by atoms with Gasteiger partial charge in [-0.3, -0.25) is 4.79 Å². The van der Waals surface area contributed by atoms with E-state index in [0.717, 1.165) is 24.8 Å². The zero-order chi connectivity index (χ0) is 17.2. The van der Waals surface area contributed by atoms with Gasteiger partial charge in [0, 0.05) is 6.42 Å². The standard InChI is InChI=1S/C20H20O5/c21-14-9-6-10-15(24-16-11-4-5-12-23-16)17(14)18(22)20-19(25-20)13-7-2-1-3-8-13/h1-3,6-10,16,19-21H,4-5,11-12H2/t16?,19-,20-/m1/s1. The maximum absolute atomic E-state index is 12.9. The van der Waals surface area contributed by atoms with Crippen LogP contribution in [-0.4, -0.2) is 29.9 Å². The van der Waals surface area contributed by atoms with Gasteiger partial charge in [0.15, 0.2) is 12.4 Å². The number of hydrogen-bond donors (Lipinski definition) is 1. The fourth-order valence-electron chi connectivity index (χ4n) is 3.16. The number of rotatable bonds is 5. The average Bonchev–Trinajstić information content (AvgIpc) is 3.44. The lowest BCUT2D eigenvalue weighted by Crippen LogP contribution is -2.26. The normalized spacial score (nSPS) is 25.4. The van der Waals surface area contributed by atoms with Gasteiger partial charge in [-0.05, 0) is 30.5 Å². The number of ketones is 1. The van der Waals surface area contributed by atoms with Crippen LogP contribution >= 0.6 is 0 Å². The molecule has 0 amide bonds. The van der Waals surface area contributed by atoms with Gasteiger partial charge in [0.25, 0.3) is 0 Å². The predicted octanol–water partition coefficient (Wildman–Crippen LogP) is 3.62. The third-order valence-electron chi connectivity index (χ3n) is 4.53. The summed E-state index contributed by atoms with van der Waals surface area (Å²) >= 11 is 0. The lowest BCUT2D eigenvalue weighted by molar-refractivity contribution is -0.106. The number of carbonyl (C=O) groups excluding carboxylic acids is 1. The number of epoxide rings is 1. The van der Waals surface area contributed by atoms with Gasteiger partial charge >= 0.3 is 0 Å². The number of phenolic OH excluding ortho intramolecular Hbond substituents is 1. The van der Waals surface area contributed by atoms with Crippen LogP contribution in [-0.2, 0) is 9.47 Å². The molecule has 0 radical (unpaired) electrons. The second-order valence-electron chi connectivity index (χ2n) is 6.32. The monoisotopic (exact) mass is 340 g/mol. The van der Waals surface area contributed by atoms with Gasteiger partial charge in [-0.15, -0.1) is 0 Å². The summed E-state index contributed by atoms with van der Waals surface area (Å²) in [5, 5.41) is 10.2. The molecule has 0 aliphatic carbocycles. The third-order valence-corrected chi connectivity index (χ3v) is 4.53. The molecule has 2 saturated heterocycles. The molecule has 0 saturated carbocycles. The Morgan fingerprint density at radius 1 is 1.08 bits per heavy atom. The van der Waals surface area contributed by atoms with Crippen LogP contribution in [0.2, 0.25) is 0 Å². The van der Waals surface area contributed by atoms with E-state index in [0.29, 0.717) is 12.4 Å². The van der Waals surface area contributed by atoms with Gasteiger partial charge in [-0.2, -0.15) is 0 Å². The van der Waals surface area contributed by atoms with Crippen LogP contribution in [0.3, 0.4) is 0 Å². The molecule has 4 rings (SSSR count). The highest BCUT2D eigenvalue weighted by molar-refractivity contribution is 6.05. The Kier molecular flexibility index (Phi) is 4.42. The lowest BCUT2D eigenvalue weighted by Gasteiger charge is -2.24. The smallest absolute Gasteiger partial charge is 0.202 e. The summed E-state index contributed by atoms with van der Waals surface area (Å²) in [4.78, 5) is 12.9. The maximum Gasteiger partial charge on any atom is 0.202 e. The Morgan fingerprint density at radius 3 is 2.68 bits per heavy atom. The molecule has 2 aromatic carbocycles. The molecule has 3 atom stereocenters. The van der Waals surface area contributed by atoms with Crippen LogP contribution in [0.1, 0.15) is 41.3 Å². The fraction of sp³-hybridized carbons (Fsp3) is 0.350. The van der Waals surface area contributed by atoms with Gasteiger partial charge in [-0.25, -0.2) is 0 Å². The Labute approximate surface area is 146 Å².